The number of aliphatic carboxylic acids is 1. The predicted octanol–water partition coefficient (Wildman–Crippen LogP) is -0.921. The predicted molar refractivity (Wildman–Crippen MR) is 212 cm³/mol. The molecule has 1 aliphatic rings. The molecule has 18 nitrogen and oxygen atoms in total. The van der Waals surface area contributed by atoms with Crippen LogP contribution in [0.15, 0.2) is 0 Å². The molecule has 0 aromatic heterocycles. The van der Waals surface area contributed by atoms with Crippen molar-refractivity contribution in [2.24, 2.45) is 29.4 Å². The molecule has 0 saturated carbocycles. The van der Waals surface area contributed by atoms with Crippen molar-refractivity contribution in [1.82, 2.24) is 36.8 Å². The number of rotatable bonds is 24. The van der Waals surface area contributed by atoms with Gasteiger partial charge >= 0.3 is 5.97 Å². The monoisotopic (exact) mass is 814 g/mol. The smallest absolute Gasteiger partial charge is 0.326 e. The molecule has 1 saturated heterocycles. The van der Waals surface area contributed by atoms with Crippen molar-refractivity contribution >= 4 is 59.1 Å². The molecule has 8 atom stereocenters. The van der Waals surface area contributed by atoms with Gasteiger partial charge in [-0.05, 0) is 61.4 Å². The number of aliphatic hydroxyl groups excluding tert-OH is 1. The van der Waals surface area contributed by atoms with Gasteiger partial charge in [-0.1, -0.05) is 61.8 Å². The summed E-state index contributed by atoms with van der Waals surface area (Å²) < 4.78 is 0. The molecule has 0 bridgehead atoms. The molecule has 0 spiro atoms. The number of thioether (sulfide) groups is 1. The minimum atomic E-state index is -1.38. The Morgan fingerprint density at radius 1 is 0.786 bits per heavy atom. The zero-order chi connectivity index (χ0) is 42.9. The third-order valence-corrected chi connectivity index (χ3v) is 10.3. The number of carbonyl (C=O) groups excluding carboxylic acids is 7. The Hall–Kier alpha value is -3.97. The molecule has 0 aliphatic carbocycles. The summed E-state index contributed by atoms with van der Waals surface area (Å²) in [5, 5.41) is 34.7. The van der Waals surface area contributed by atoms with Gasteiger partial charge in [0.1, 0.15) is 36.3 Å². The number of nitrogens with two attached hydrogens (primary N) is 1. The summed E-state index contributed by atoms with van der Waals surface area (Å²) in [6.45, 7) is 12.9. The van der Waals surface area contributed by atoms with Crippen LogP contribution in [0.4, 0.5) is 0 Å². The second-order valence-corrected chi connectivity index (χ2v) is 16.4. The maximum absolute atomic E-state index is 14.1. The van der Waals surface area contributed by atoms with E-state index in [0.29, 0.717) is 31.4 Å². The van der Waals surface area contributed by atoms with Gasteiger partial charge in [0.25, 0.3) is 0 Å². The lowest BCUT2D eigenvalue weighted by Crippen LogP contribution is -2.61. The molecule has 19 heteroatoms. The first-order chi connectivity index (χ1) is 26.2. The van der Waals surface area contributed by atoms with Crippen molar-refractivity contribution in [3.63, 3.8) is 0 Å². The third-order valence-electron chi connectivity index (χ3n) is 9.66. The highest BCUT2D eigenvalue weighted by atomic mass is 32.2. The van der Waals surface area contributed by atoms with Crippen molar-refractivity contribution in [3.05, 3.63) is 0 Å². The Morgan fingerprint density at radius 3 is 1.88 bits per heavy atom. The molecule has 7 amide bonds. The minimum Gasteiger partial charge on any atom is -0.480 e. The van der Waals surface area contributed by atoms with E-state index in [1.165, 1.54) is 16.7 Å². The number of hydrogen-bond acceptors (Lipinski definition) is 11. The zero-order valence-electron chi connectivity index (χ0n) is 34.3. The molecule has 0 aromatic carbocycles. The van der Waals surface area contributed by atoms with Crippen LogP contribution >= 0.6 is 11.8 Å². The van der Waals surface area contributed by atoms with Crippen LogP contribution in [0.2, 0.25) is 0 Å². The van der Waals surface area contributed by atoms with Crippen molar-refractivity contribution in [2.75, 3.05) is 31.7 Å². The molecule has 0 aromatic rings. The highest BCUT2D eigenvalue weighted by Gasteiger charge is 2.41. The Morgan fingerprint density at radius 2 is 1.36 bits per heavy atom. The number of likely N-dealkylation sites (tertiary alicyclic amines) is 1. The summed E-state index contributed by atoms with van der Waals surface area (Å²) >= 11 is 1.50. The van der Waals surface area contributed by atoms with Gasteiger partial charge in [-0.25, -0.2) is 4.79 Å². The van der Waals surface area contributed by atoms with E-state index >= 15 is 0 Å². The van der Waals surface area contributed by atoms with Crippen LogP contribution in [0, 0.1) is 23.7 Å². The second kappa shape index (κ2) is 24.6. The van der Waals surface area contributed by atoms with Gasteiger partial charge in [0.2, 0.25) is 41.4 Å². The maximum atomic E-state index is 14.1. The van der Waals surface area contributed by atoms with Crippen LogP contribution in [0.25, 0.3) is 0 Å². The van der Waals surface area contributed by atoms with Gasteiger partial charge in [0.05, 0.1) is 19.2 Å². The number of aliphatic hydroxyl groups is 1. The number of amides is 7. The summed E-state index contributed by atoms with van der Waals surface area (Å²) in [7, 11) is 0. The van der Waals surface area contributed by atoms with Gasteiger partial charge < -0.3 is 52.7 Å². The fraction of sp³-hybridized carbons (Fsp3) is 0.784. The van der Waals surface area contributed by atoms with E-state index in [4.69, 9.17) is 5.73 Å². The van der Waals surface area contributed by atoms with Crippen LogP contribution in [0.5, 0.6) is 0 Å². The number of hydrogen-bond donors (Lipinski definition) is 9. The second-order valence-electron chi connectivity index (χ2n) is 15.5. The number of carbonyl (C=O) groups is 8. The van der Waals surface area contributed by atoms with E-state index in [2.05, 4.69) is 31.9 Å². The molecule has 320 valence electrons. The quantitative estimate of drug-likeness (QED) is 0.0573. The number of carboxylic acid groups (broad SMARTS) is 1. The fourth-order valence-electron chi connectivity index (χ4n) is 6.04. The Balaban J connectivity index is 3.13. The average Bonchev–Trinajstić information content (AvgIpc) is 3.63. The van der Waals surface area contributed by atoms with Crippen molar-refractivity contribution in [2.45, 2.75) is 130 Å². The van der Waals surface area contributed by atoms with Gasteiger partial charge in [-0.15, -0.1) is 0 Å². The molecule has 1 heterocycles. The highest BCUT2D eigenvalue weighted by molar-refractivity contribution is 7.98. The summed E-state index contributed by atoms with van der Waals surface area (Å²) in [4.78, 5) is 106. The fourth-order valence-corrected chi connectivity index (χ4v) is 6.53. The first-order valence-electron chi connectivity index (χ1n) is 19.4. The number of nitrogens with one attached hydrogen (secondary N) is 6. The van der Waals surface area contributed by atoms with Crippen LogP contribution in [0.3, 0.4) is 0 Å². The summed E-state index contributed by atoms with van der Waals surface area (Å²) in [5.41, 5.74) is 5.91. The van der Waals surface area contributed by atoms with E-state index in [1.807, 2.05) is 27.0 Å². The molecule has 1 fully saturated rings. The van der Waals surface area contributed by atoms with Gasteiger partial charge in [-0.3, -0.25) is 33.6 Å². The van der Waals surface area contributed by atoms with Gasteiger partial charge in [0, 0.05) is 6.54 Å². The first-order valence-corrected chi connectivity index (χ1v) is 20.8. The van der Waals surface area contributed by atoms with Crippen LogP contribution in [0.1, 0.15) is 87.5 Å². The Bertz CT molecular complexity index is 1370. The highest BCUT2D eigenvalue weighted by Crippen LogP contribution is 2.22. The first kappa shape index (κ1) is 50.0. The molecule has 10 N–H and O–H groups in total. The van der Waals surface area contributed by atoms with Crippen molar-refractivity contribution in [1.29, 1.82) is 0 Å². The summed E-state index contributed by atoms with van der Waals surface area (Å²) in [6.07, 6.45) is 3.66. The molecule has 56 heavy (non-hydrogen) atoms. The molecule has 0 radical (unpaired) electrons. The van der Waals surface area contributed by atoms with E-state index < -0.39 is 115 Å². The van der Waals surface area contributed by atoms with E-state index in [0.717, 1.165) is 0 Å². The Kier molecular flexibility index (Phi) is 22.0. The summed E-state index contributed by atoms with van der Waals surface area (Å²) in [5.74, 6) is -6.50. The van der Waals surface area contributed by atoms with E-state index in [-0.39, 0.29) is 24.8 Å². The zero-order valence-corrected chi connectivity index (χ0v) is 35.1. The van der Waals surface area contributed by atoms with Crippen LogP contribution in [-0.2, 0) is 38.4 Å². The molecule has 8 unspecified atom stereocenters. The van der Waals surface area contributed by atoms with Gasteiger partial charge in [0.15, 0.2) is 0 Å². The Labute approximate surface area is 334 Å². The molecule has 1 rings (SSSR count). The largest absolute Gasteiger partial charge is 0.480 e. The van der Waals surface area contributed by atoms with Crippen LogP contribution in [-0.4, -0.2) is 136 Å². The molecule has 1 aliphatic heterocycles. The third kappa shape index (κ3) is 15.9. The summed E-state index contributed by atoms with van der Waals surface area (Å²) in [6, 6.07) is -7.71. The molecular weight excluding hydrogens is 749 g/mol. The topological polar surface area (TPSA) is 278 Å². The van der Waals surface area contributed by atoms with Gasteiger partial charge in [-0.2, -0.15) is 11.8 Å². The number of nitrogens with zero attached hydrogens (tertiary/aromatic N) is 1. The lowest BCUT2D eigenvalue weighted by atomic mass is 9.95. The van der Waals surface area contributed by atoms with Crippen molar-refractivity contribution in [3.8, 4) is 0 Å². The standard InChI is InChI=1S/C37H66N8O10S/c1-10-22(8)30(36(53)45-14-11-12-26(45)34(51)39-17-27(47)42-29(21(6)7)37(54)55)44-35(52)28(20(4)5)43-32(49)24(16-19(2)3)40-33(50)25(18-46)41-31(48)23(38)13-15-56-9/h19-26,28-30,46H,10-18,38H2,1-9H3,(H,39,51)(H,40,50)(H,41,48)(H,42,47)(H,43,49)(H,44,52)(H,54,55). The number of carboxylic acids is 1. The lowest BCUT2D eigenvalue weighted by molar-refractivity contribution is -0.144. The van der Waals surface area contributed by atoms with Crippen LogP contribution < -0.4 is 37.6 Å². The molecular formula is C37H66N8O10S. The minimum absolute atomic E-state index is 0.0893. The lowest BCUT2D eigenvalue weighted by Gasteiger charge is -2.33. The SMILES string of the molecule is CCC(C)C(NC(=O)C(NC(=O)C(CC(C)C)NC(=O)C(CO)NC(=O)C(N)CCSC)C(C)C)C(=O)N1CCCC1C(=O)NCC(=O)NC(C(=O)O)C(C)C. The van der Waals surface area contributed by atoms with Crippen molar-refractivity contribution < 1.29 is 48.6 Å². The van der Waals surface area contributed by atoms with E-state index in [1.54, 1.807) is 34.6 Å². The average molecular weight is 815 g/mol. The normalized spacial score (nSPS) is 17.9. The van der Waals surface area contributed by atoms with E-state index in [9.17, 15) is 48.6 Å². The maximum Gasteiger partial charge on any atom is 0.326 e.